The first-order chi connectivity index (χ1) is 11.6. The fraction of sp³-hybridized carbons (Fsp3) is 0.250. The molecule has 1 aromatic rings. The summed E-state index contributed by atoms with van der Waals surface area (Å²) in [5.74, 6) is 0.729. The molecular formula is C16H14Cl2N4O2. The third-order valence-corrected chi connectivity index (χ3v) is 4.10. The number of rotatable bonds is 5. The molecule has 0 radical (unpaired) electrons. The number of alkyl halides is 1. The Kier molecular flexibility index (Phi) is 4.97. The molecule has 0 bridgehead atoms. The fourth-order valence-electron chi connectivity index (χ4n) is 2.46. The Bertz CT molecular complexity index is 934. The van der Waals surface area contributed by atoms with E-state index >= 15 is 0 Å². The monoisotopic (exact) mass is 364 g/mol. The number of halogens is 2. The molecule has 1 aromatic heterocycles. The highest BCUT2D eigenvalue weighted by atomic mass is 35.5. The number of aromatic nitrogens is 4. The molecule has 2 aliphatic heterocycles. The van der Waals surface area contributed by atoms with E-state index in [0.29, 0.717) is 35.4 Å². The van der Waals surface area contributed by atoms with Crippen molar-refractivity contribution in [2.75, 3.05) is 5.88 Å². The lowest BCUT2D eigenvalue weighted by molar-refractivity contribution is 0.610. The van der Waals surface area contributed by atoms with Crippen molar-refractivity contribution >= 4 is 23.2 Å². The predicted octanol–water partition coefficient (Wildman–Crippen LogP) is 2.24. The smallest absolute Gasteiger partial charge is 0.328 e. The molecule has 0 saturated carbocycles. The molecule has 3 rings (SSSR count). The standard InChI is InChI=1S/C16H14Cl2N4O2/c17-6-2-8-22-15(23)12-3-1-7-21(14(12)20-16(22)24)10-11-4-5-13(18)19-9-11/h1,3-5,7,9H,2,6,8,10H2. The molecule has 0 saturated heterocycles. The van der Waals surface area contributed by atoms with Crippen molar-refractivity contribution < 1.29 is 0 Å². The van der Waals surface area contributed by atoms with Gasteiger partial charge in [0.2, 0.25) is 0 Å². The van der Waals surface area contributed by atoms with Crippen LogP contribution in [-0.4, -0.2) is 25.0 Å². The van der Waals surface area contributed by atoms with Gasteiger partial charge < -0.3 is 4.57 Å². The van der Waals surface area contributed by atoms with E-state index in [2.05, 4.69) is 9.97 Å². The minimum atomic E-state index is -0.563. The van der Waals surface area contributed by atoms with E-state index in [4.69, 9.17) is 23.2 Å². The van der Waals surface area contributed by atoms with Gasteiger partial charge in [-0.25, -0.2) is 9.78 Å². The molecule has 3 heterocycles. The van der Waals surface area contributed by atoms with Gasteiger partial charge in [0.05, 0.1) is 12.1 Å². The summed E-state index contributed by atoms with van der Waals surface area (Å²) in [5, 5.41) is 0.406. The summed E-state index contributed by atoms with van der Waals surface area (Å²) < 4.78 is 2.87. The van der Waals surface area contributed by atoms with E-state index in [1.807, 2.05) is 6.07 Å². The molecule has 0 aromatic carbocycles. The van der Waals surface area contributed by atoms with Crippen LogP contribution in [0.5, 0.6) is 0 Å². The summed E-state index contributed by atoms with van der Waals surface area (Å²) in [6.45, 7) is 0.694. The summed E-state index contributed by atoms with van der Waals surface area (Å²) in [7, 11) is 0. The molecular weight excluding hydrogens is 351 g/mol. The highest BCUT2D eigenvalue weighted by Crippen LogP contribution is 2.15. The van der Waals surface area contributed by atoms with Crippen molar-refractivity contribution in [3.05, 3.63) is 68.2 Å². The first-order valence-corrected chi connectivity index (χ1v) is 8.28. The number of pyridine rings is 2. The Morgan fingerprint density at radius 3 is 2.71 bits per heavy atom. The zero-order valence-corrected chi connectivity index (χ0v) is 14.2. The number of hydrogen-bond acceptors (Lipinski definition) is 4. The Hall–Kier alpha value is -2.18. The Morgan fingerprint density at radius 1 is 1.17 bits per heavy atom. The van der Waals surface area contributed by atoms with Crippen molar-refractivity contribution in [1.29, 1.82) is 0 Å². The van der Waals surface area contributed by atoms with Gasteiger partial charge in [-0.3, -0.25) is 9.36 Å². The van der Waals surface area contributed by atoms with Gasteiger partial charge in [-0.15, -0.1) is 11.6 Å². The normalized spacial score (nSPS) is 11.1. The van der Waals surface area contributed by atoms with Gasteiger partial charge in [0.1, 0.15) is 5.15 Å². The van der Waals surface area contributed by atoms with Gasteiger partial charge in [-0.2, -0.15) is 4.98 Å². The molecule has 0 spiro atoms. The summed E-state index contributed by atoms with van der Waals surface area (Å²) in [4.78, 5) is 32.8. The fourth-order valence-corrected chi connectivity index (χ4v) is 2.69. The third kappa shape index (κ3) is 3.34. The molecule has 6 nitrogen and oxygen atoms in total. The number of nitrogens with zero attached hydrogens (tertiary/aromatic N) is 4. The maximum absolute atomic E-state index is 12.5. The van der Waals surface area contributed by atoms with Crippen LogP contribution in [-0.2, 0) is 13.1 Å². The second-order valence-corrected chi connectivity index (χ2v) is 6.02. The minimum Gasteiger partial charge on any atom is -0.328 e. The first kappa shape index (κ1) is 16.7. The van der Waals surface area contributed by atoms with Crippen molar-refractivity contribution in [2.45, 2.75) is 19.5 Å². The molecule has 0 aliphatic carbocycles. The zero-order valence-electron chi connectivity index (χ0n) is 12.7. The van der Waals surface area contributed by atoms with E-state index in [1.165, 1.54) is 0 Å². The zero-order chi connectivity index (χ0) is 17.1. The van der Waals surface area contributed by atoms with Crippen molar-refractivity contribution in [1.82, 2.24) is 19.1 Å². The van der Waals surface area contributed by atoms with Crippen molar-refractivity contribution in [2.24, 2.45) is 0 Å². The van der Waals surface area contributed by atoms with Gasteiger partial charge in [0.15, 0.2) is 5.82 Å². The van der Waals surface area contributed by atoms with Crippen molar-refractivity contribution in [3.63, 3.8) is 0 Å². The Morgan fingerprint density at radius 2 is 2.00 bits per heavy atom. The van der Waals surface area contributed by atoms with Crippen LogP contribution in [0.15, 0.2) is 46.2 Å². The van der Waals surface area contributed by atoms with Crippen LogP contribution >= 0.6 is 23.2 Å². The van der Waals surface area contributed by atoms with Crippen LogP contribution in [0.4, 0.5) is 0 Å². The maximum Gasteiger partial charge on any atom is 0.352 e. The molecule has 0 N–H and O–H groups in total. The molecule has 0 fully saturated rings. The van der Waals surface area contributed by atoms with Gasteiger partial charge in [0, 0.05) is 24.8 Å². The van der Waals surface area contributed by atoms with Crippen LogP contribution in [0.2, 0.25) is 5.15 Å². The van der Waals surface area contributed by atoms with Gasteiger partial charge in [-0.1, -0.05) is 17.7 Å². The predicted molar refractivity (Wildman–Crippen MR) is 93.1 cm³/mol. The van der Waals surface area contributed by atoms with Crippen LogP contribution in [0.3, 0.4) is 0 Å². The Labute approximate surface area is 147 Å². The first-order valence-electron chi connectivity index (χ1n) is 7.36. The van der Waals surface area contributed by atoms with E-state index in [0.717, 1.165) is 10.1 Å². The molecule has 0 atom stereocenters. The number of hydrogen-bond donors (Lipinski definition) is 0. The molecule has 8 heteroatoms. The van der Waals surface area contributed by atoms with Crippen LogP contribution in [0.1, 0.15) is 12.0 Å². The lowest BCUT2D eigenvalue weighted by Gasteiger charge is -2.15. The molecule has 0 unspecified atom stereocenters. The second kappa shape index (κ2) is 7.15. The topological polar surface area (TPSA) is 69.8 Å². The van der Waals surface area contributed by atoms with Gasteiger partial charge >= 0.3 is 5.69 Å². The summed E-state index contributed by atoms with van der Waals surface area (Å²) in [6, 6.07) is 6.94. The summed E-state index contributed by atoms with van der Waals surface area (Å²) in [6.07, 6.45) is 3.95. The van der Waals surface area contributed by atoms with Crippen molar-refractivity contribution in [3.8, 4) is 11.4 Å². The van der Waals surface area contributed by atoms with E-state index < -0.39 is 5.69 Å². The van der Waals surface area contributed by atoms with E-state index in [-0.39, 0.29) is 12.1 Å². The van der Waals surface area contributed by atoms with E-state index in [1.54, 1.807) is 35.2 Å². The highest BCUT2D eigenvalue weighted by molar-refractivity contribution is 6.29. The molecule has 2 aliphatic rings. The average molecular weight is 365 g/mol. The third-order valence-electron chi connectivity index (χ3n) is 3.61. The Balaban J connectivity index is 2.06. The highest BCUT2D eigenvalue weighted by Gasteiger charge is 2.16. The van der Waals surface area contributed by atoms with Crippen LogP contribution < -0.4 is 11.2 Å². The summed E-state index contributed by atoms with van der Waals surface area (Å²) >= 11 is 11.4. The van der Waals surface area contributed by atoms with Crippen LogP contribution in [0, 0.1) is 0 Å². The number of fused-ring (bicyclic) bond motifs is 1. The lowest BCUT2D eigenvalue weighted by Crippen LogP contribution is -2.38. The van der Waals surface area contributed by atoms with E-state index in [9.17, 15) is 9.59 Å². The lowest BCUT2D eigenvalue weighted by atomic mass is 10.2. The quantitative estimate of drug-likeness (QED) is 0.514. The summed E-state index contributed by atoms with van der Waals surface area (Å²) in [5.41, 5.74) is 0.372. The molecule has 124 valence electrons. The SMILES string of the molecule is O=c1nc2n(Cc3ccc(Cl)nc3)cccc-2c(=O)n1CCCCl. The van der Waals surface area contributed by atoms with Gasteiger partial charge in [0.25, 0.3) is 5.56 Å². The molecule has 0 amide bonds. The minimum absolute atomic E-state index is 0.264. The average Bonchev–Trinajstić information content (AvgIpc) is 2.57. The maximum atomic E-state index is 12.5. The van der Waals surface area contributed by atoms with Crippen LogP contribution in [0.25, 0.3) is 11.4 Å². The largest absolute Gasteiger partial charge is 0.352 e. The molecule has 24 heavy (non-hydrogen) atoms. The van der Waals surface area contributed by atoms with Gasteiger partial charge in [-0.05, 0) is 30.2 Å². The second-order valence-electron chi connectivity index (χ2n) is 5.26.